The van der Waals surface area contributed by atoms with Crippen LogP contribution in [0.3, 0.4) is 0 Å². The number of hydrogen-bond donors (Lipinski definition) is 2. The molecule has 0 atom stereocenters. The van der Waals surface area contributed by atoms with Gasteiger partial charge in [0.05, 0.1) is 4.90 Å². The van der Waals surface area contributed by atoms with Crippen LogP contribution < -0.4 is 11.3 Å². The number of nitrogens with one attached hydrogen (secondary N) is 1. The van der Waals surface area contributed by atoms with Crippen molar-refractivity contribution in [1.82, 2.24) is 4.98 Å². The van der Waals surface area contributed by atoms with Crippen LogP contribution in [0.1, 0.15) is 5.56 Å². The monoisotopic (exact) mass is 280 g/mol. The Kier molecular flexibility index (Phi) is 3.15. The number of nitrogens with two attached hydrogens (primary N) is 1. The second-order valence-electron chi connectivity index (χ2n) is 4.25. The first-order chi connectivity index (χ1) is 8.79. The van der Waals surface area contributed by atoms with Crippen LogP contribution in [0.2, 0.25) is 0 Å². The number of carbonyl (C=O) groups excluding carboxylic acids is 1. The Bertz CT molecular complexity index is 821. The zero-order valence-electron chi connectivity index (χ0n) is 10.1. The van der Waals surface area contributed by atoms with Crippen molar-refractivity contribution in [2.24, 2.45) is 5.73 Å². The van der Waals surface area contributed by atoms with Gasteiger partial charge in [-0.2, -0.15) is 0 Å². The van der Waals surface area contributed by atoms with Crippen molar-refractivity contribution in [2.75, 3.05) is 5.75 Å². The van der Waals surface area contributed by atoms with Crippen LogP contribution in [0.5, 0.6) is 0 Å². The third kappa shape index (κ3) is 2.65. The van der Waals surface area contributed by atoms with E-state index in [0.29, 0.717) is 16.5 Å². The van der Waals surface area contributed by atoms with Crippen LogP contribution in [-0.2, 0) is 14.6 Å². The van der Waals surface area contributed by atoms with E-state index in [0.717, 1.165) is 0 Å². The van der Waals surface area contributed by atoms with Crippen molar-refractivity contribution in [3.05, 3.63) is 40.2 Å². The number of benzene rings is 1. The number of hydrogen-bond acceptors (Lipinski definition) is 4. The Morgan fingerprint density at radius 2 is 2.00 bits per heavy atom. The van der Waals surface area contributed by atoms with E-state index in [-0.39, 0.29) is 10.5 Å². The Morgan fingerprint density at radius 3 is 2.63 bits per heavy atom. The minimum Gasteiger partial charge on any atom is -0.369 e. The number of rotatable bonds is 3. The van der Waals surface area contributed by atoms with Gasteiger partial charge >= 0.3 is 0 Å². The molecule has 0 aliphatic heterocycles. The summed E-state index contributed by atoms with van der Waals surface area (Å²) in [6.07, 6.45) is 0. The normalized spacial score (nSPS) is 11.6. The fraction of sp³-hybridized carbons (Fsp3) is 0.167. The van der Waals surface area contributed by atoms with Crippen LogP contribution in [0.25, 0.3) is 10.9 Å². The molecular formula is C12H12N2O4S. The zero-order chi connectivity index (χ0) is 14.2. The van der Waals surface area contributed by atoms with Gasteiger partial charge in [-0.15, -0.1) is 0 Å². The SMILES string of the molecule is Cc1cc(=O)[nH]c2ccc(S(=O)(=O)CC(N)=O)cc12. The molecule has 1 amide bonds. The standard InChI is InChI=1S/C12H12N2O4S/c1-7-4-12(16)14-10-3-2-8(5-9(7)10)19(17,18)6-11(13)15/h2-5H,6H2,1H3,(H2,13,15)(H,14,16). The molecule has 0 unspecified atom stereocenters. The lowest BCUT2D eigenvalue weighted by Crippen LogP contribution is -2.23. The highest BCUT2D eigenvalue weighted by Crippen LogP contribution is 2.20. The molecule has 7 heteroatoms. The Hall–Kier alpha value is -2.15. The molecule has 0 aliphatic carbocycles. The Labute approximate surface area is 109 Å². The minimum atomic E-state index is -3.74. The molecule has 19 heavy (non-hydrogen) atoms. The molecule has 3 N–H and O–H groups in total. The quantitative estimate of drug-likeness (QED) is 0.830. The molecule has 0 saturated heterocycles. The maximum absolute atomic E-state index is 11.9. The minimum absolute atomic E-state index is 0.00829. The van der Waals surface area contributed by atoms with Crippen molar-refractivity contribution >= 4 is 26.6 Å². The van der Waals surface area contributed by atoms with E-state index in [1.54, 1.807) is 6.92 Å². The first-order valence-electron chi connectivity index (χ1n) is 5.44. The van der Waals surface area contributed by atoms with Gasteiger partial charge in [-0.25, -0.2) is 8.42 Å². The molecular weight excluding hydrogens is 268 g/mol. The lowest BCUT2D eigenvalue weighted by atomic mass is 10.1. The highest BCUT2D eigenvalue weighted by molar-refractivity contribution is 7.92. The molecule has 2 rings (SSSR count). The van der Waals surface area contributed by atoms with Crippen molar-refractivity contribution in [2.45, 2.75) is 11.8 Å². The average Bonchev–Trinajstić information content (AvgIpc) is 2.26. The molecule has 0 saturated carbocycles. The van der Waals surface area contributed by atoms with Gasteiger partial charge in [0.15, 0.2) is 9.84 Å². The fourth-order valence-corrected chi connectivity index (χ4v) is 2.98. The molecule has 0 radical (unpaired) electrons. The predicted molar refractivity (Wildman–Crippen MR) is 70.6 cm³/mol. The summed E-state index contributed by atoms with van der Waals surface area (Å²) in [6, 6.07) is 5.65. The first-order valence-corrected chi connectivity index (χ1v) is 7.09. The van der Waals surface area contributed by atoms with Gasteiger partial charge in [-0.05, 0) is 30.7 Å². The van der Waals surface area contributed by atoms with E-state index in [2.05, 4.69) is 4.98 Å². The highest BCUT2D eigenvalue weighted by Gasteiger charge is 2.18. The number of aromatic amines is 1. The van der Waals surface area contributed by atoms with E-state index >= 15 is 0 Å². The van der Waals surface area contributed by atoms with Crippen LogP contribution in [0, 0.1) is 6.92 Å². The fourth-order valence-electron chi connectivity index (χ4n) is 1.87. The molecule has 6 nitrogen and oxygen atoms in total. The number of aromatic nitrogens is 1. The maximum Gasteiger partial charge on any atom is 0.248 e. The molecule has 0 spiro atoms. The van der Waals surface area contributed by atoms with E-state index in [4.69, 9.17) is 5.73 Å². The summed E-state index contributed by atoms with van der Waals surface area (Å²) in [5.74, 6) is -1.64. The zero-order valence-corrected chi connectivity index (χ0v) is 11.0. The Morgan fingerprint density at radius 1 is 1.32 bits per heavy atom. The molecule has 100 valence electrons. The van der Waals surface area contributed by atoms with Gasteiger partial charge in [0, 0.05) is 17.0 Å². The third-order valence-electron chi connectivity index (χ3n) is 2.71. The lowest BCUT2D eigenvalue weighted by Gasteiger charge is -2.06. The van der Waals surface area contributed by atoms with Gasteiger partial charge in [0.1, 0.15) is 5.75 Å². The molecule has 0 fully saturated rings. The Balaban J connectivity index is 2.66. The number of H-pyrrole nitrogens is 1. The number of carbonyl (C=O) groups is 1. The number of sulfone groups is 1. The van der Waals surface area contributed by atoms with E-state index in [9.17, 15) is 18.0 Å². The molecule has 0 bridgehead atoms. The average molecular weight is 280 g/mol. The van der Waals surface area contributed by atoms with Gasteiger partial charge in [-0.1, -0.05) is 0 Å². The summed E-state index contributed by atoms with van der Waals surface area (Å²) in [5.41, 5.74) is 5.87. The third-order valence-corrected chi connectivity index (χ3v) is 4.35. The van der Waals surface area contributed by atoms with Crippen molar-refractivity contribution < 1.29 is 13.2 Å². The maximum atomic E-state index is 11.9. The van der Waals surface area contributed by atoms with Crippen LogP contribution in [0.4, 0.5) is 0 Å². The van der Waals surface area contributed by atoms with Crippen LogP contribution in [0.15, 0.2) is 34.0 Å². The number of amides is 1. The first kappa shape index (κ1) is 13.3. The van der Waals surface area contributed by atoms with E-state index in [1.807, 2.05) is 0 Å². The highest BCUT2D eigenvalue weighted by atomic mass is 32.2. The second-order valence-corrected chi connectivity index (χ2v) is 6.24. The summed E-state index contributed by atoms with van der Waals surface area (Å²) in [5, 5.41) is 0.616. The second kappa shape index (κ2) is 4.51. The molecule has 2 aromatic rings. The van der Waals surface area contributed by atoms with Gasteiger partial charge in [-0.3, -0.25) is 9.59 Å². The molecule has 0 aliphatic rings. The summed E-state index contributed by atoms with van der Waals surface area (Å²) in [7, 11) is -3.74. The van der Waals surface area contributed by atoms with Crippen molar-refractivity contribution in [3.8, 4) is 0 Å². The van der Waals surface area contributed by atoms with Gasteiger partial charge in [0.25, 0.3) is 0 Å². The molecule has 1 aromatic carbocycles. The number of pyridine rings is 1. The number of fused-ring (bicyclic) bond motifs is 1. The van der Waals surface area contributed by atoms with Crippen molar-refractivity contribution in [1.29, 1.82) is 0 Å². The number of primary amides is 1. The topological polar surface area (TPSA) is 110 Å². The van der Waals surface area contributed by atoms with Crippen molar-refractivity contribution in [3.63, 3.8) is 0 Å². The summed E-state index contributed by atoms with van der Waals surface area (Å²) in [4.78, 5) is 24.7. The molecule has 1 heterocycles. The van der Waals surface area contributed by atoms with E-state index in [1.165, 1.54) is 24.3 Å². The van der Waals surface area contributed by atoms with Crippen LogP contribution in [-0.4, -0.2) is 25.1 Å². The van der Waals surface area contributed by atoms with E-state index < -0.39 is 21.5 Å². The van der Waals surface area contributed by atoms with Gasteiger partial charge < -0.3 is 10.7 Å². The predicted octanol–water partition coefficient (Wildman–Crippen LogP) is 0.0955. The van der Waals surface area contributed by atoms with Crippen LogP contribution >= 0.6 is 0 Å². The summed E-state index contributed by atoms with van der Waals surface area (Å²) >= 11 is 0. The lowest BCUT2D eigenvalue weighted by molar-refractivity contribution is -0.115. The summed E-state index contributed by atoms with van der Waals surface area (Å²) < 4.78 is 23.8. The summed E-state index contributed by atoms with van der Waals surface area (Å²) in [6.45, 7) is 1.71. The smallest absolute Gasteiger partial charge is 0.248 e. The number of aryl methyl sites for hydroxylation is 1. The largest absolute Gasteiger partial charge is 0.369 e. The van der Waals surface area contributed by atoms with Gasteiger partial charge in [0.2, 0.25) is 11.5 Å². The molecule has 1 aromatic heterocycles.